The maximum absolute atomic E-state index is 14.4. The highest BCUT2D eigenvalue weighted by molar-refractivity contribution is 5.96. The standard InChI is InChI=1S/C20H17F2N5O3/c1-11-10-23-19-26(6-7-29-27(19)16-4-2-12(21)8-14(16)22)18(11)24-13-3-5-17-15(9-13)25-20(28)30-17/h2-5,8-10,18,24H,6-7H2,1H3,(H,25,28). The summed E-state index contributed by atoms with van der Waals surface area (Å²) in [6.07, 6.45) is 1.38. The van der Waals surface area contributed by atoms with Gasteiger partial charge in [0.15, 0.2) is 11.4 Å². The first-order valence-corrected chi connectivity index (χ1v) is 9.28. The number of benzene rings is 2. The van der Waals surface area contributed by atoms with Gasteiger partial charge in [-0.2, -0.15) is 5.06 Å². The van der Waals surface area contributed by atoms with Crippen molar-refractivity contribution in [2.24, 2.45) is 4.99 Å². The molecule has 3 aromatic rings. The maximum Gasteiger partial charge on any atom is 0.417 e. The van der Waals surface area contributed by atoms with Gasteiger partial charge in [-0.3, -0.25) is 9.82 Å². The molecule has 1 fully saturated rings. The van der Waals surface area contributed by atoms with E-state index < -0.39 is 17.4 Å². The molecular weight excluding hydrogens is 396 g/mol. The molecule has 3 heterocycles. The van der Waals surface area contributed by atoms with E-state index in [0.717, 1.165) is 17.3 Å². The van der Waals surface area contributed by atoms with Crippen LogP contribution < -0.4 is 16.1 Å². The van der Waals surface area contributed by atoms with Crippen LogP contribution in [0.4, 0.5) is 20.2 Å². The molecule has 30 heavy (non-hydrogen) atoms. The Morgan fingerprint density at radius 2 is 2.10 bits per heavy atom. The third-order valence-electron chi connectivity index (χ3n) is 4.97. The zero-order valence-electron chi connectivity index (χ0n) is 15.9. The van der Waals surface area contributed by atoms with E-state index in [1.807, 2.05) is 11.8 Å². The number of guanidine groups is 1. The highest BCUT2D eigenvalue weighted by atomic mass is 19.1. The summed E-state index contributed by atoms with van der Waals surface area (Å²) in [6, 6.07) is 8.56. The second-order valence-corrected chi connectivity index (χ2v) is 6.99. The average molecular weight is 413 g/mol. The van der Waals surface area contributed by atoms with Crippen LogP contribution in [-0.4, -0.2) is 35.2 Å². The summed E-state index contributed by atoms with van der Waals surface area (Å²) in [5.74, 6) is -1.55. The van der Waals surface area contributed by atoms with Crippen LogP contribution in [0.1, 0.15) is 6.92 Å². The zero-order chi connectivity index (χ0) is 20.8. The Bertz CT molecular complexity index is 1250. The van der Waals surface area contributed by atoms with Crippen molar-refractivity contribution in [2.75, 3.05) is 23.5 Å². The second kappa shape index (κ2) is 6.99. The average Bonchev–Trinajstić information content (AvgIpc) is 3.09. The van der Waals surface area contributed by atoms with Crippen LogP contribution in [0.5, 0.6) is 0 Å². The number of anilines is 2. The molecule has 1 saturated heterocycles. The predicted molar refractivity (Wildman–Crippen MR) is 107 cm³/mol. The molecule has 5 rings (SSSR count). The molecule has 8 nitrogen and oxygen atoms in total. The van der Waals surface area contributed by atoms with E-state index in [1.165, 1.54) is 17.2 Å². The van der Waals surface area contributed by atoms with E-state index in [9.17, 15) is 13.6 Å². The smallest absolute Gasteiger partial charge is 0.408 e. The number of nitrogens with one attached hydrogen (secondary N) is 2. The molecule has 1 aromatic heterocycles. The fraction of sp³-hybridized carbons (Fsp3) is 0.200. The van der Waals surface area contributed by atoms with Gasteiger partial charge in [0.25, 0.3) is 0 Å². The number of rotatable bonds is 3. The fourth-order valence-corrected chi connectivity index (χ4v) is 3.57. The number of hydrogen-bond acceptors (Lipinski definition) is 7. The van der Waals surface area contributed by atoms with Gasteiger partial charge < -0.3 is 14.6 Å². The van der Waals surface area contributed by atoms with E-state index in [2.05, 4.69) is 15.3 Å². The quantitative estimate of drug-likeness (QED) is 0.686. The molecule has 2 N–H and O–H groups in total. The number of fused-ring (bicyclic) bond motifs is 2. The number of oxazole rings is 1. The lowest BCUT2D eigenvalue weighted by atomic mass is 10.1. The summed E-state index contributed by atoms with van der Waals surface area (Å²) < 4.78 is 32.7. The van der Waals surface area contributed by atoms with Crippen molar-refractivity contribution in [2.45, 2.75) is 13.1 Å². The molecule has 0 saturated carbocycles. The third-order valence-corrected chi connectivity index (χ3v) is 4.97. The molecular formula is C20H17F2N5O3. The minimum absolute atomic E-state index is 0.0731. The maximum atomic E-state index is 14.4. The Labute approximate surface area is 169 Å². The molecule has 0 radical (unpaired) electrons. The van der Waals surface area contributed by atoms with Gasteiger partial charge in [-0.1, -0.05) is 0 Å². The minimum atomic E-state index is -0.746. The molecule has 1 unspecified atom stereocenters. The van der Waals surface area contributed by atoms with Crippen molar-refractivity contribution in [3.05, 3.63) is 70.4 Å². The molecule has 0 spiro atoms. The largest absolute Gasteiger partial charge is 0.417 e. The van der Waals surface area contributed by atoms with E-state index in [0.29, 0.717) is 23.6 Å². The first kappa shape index (κ1) is 18.4. The molecule has 2 aromatic carbocycles. The third kappa shape index (κ3) is 3.11. The Hall–Kier alpha value is -3.66. The first-order chi connectivity index (χ1) is 14.5. The predicted octanol–water partition coefficient (Wildman–Crippen LogP) is 3.16. The summed E-state index contributed by atoms with van der Waals surface area (Å²) in [5.41, 5.74) is 2.80. The molecule has 0 bridgehead atoms. The number of hydrogen-bond donors (Lipinski definition) is 2. The number of aromatic nitrogens is 1. The fourth-order valence-electron chi connectivity index (χ4n) is 3.57. The van der Waals surface area contributed by atoms with Crippen LogP contribution >= 0.6 is 0 Å². The Morgan fingerprint density at radius 1 is 1.23 bits per heavy atom. The molecule has 0 amide bonds. The van der Waals surface area contributed by atoms with Gasteiger partial charge >= 0.3 is 5.76 Å². The Morgan fingerprint density at radius 3 is 2.93 bits per heavy atom. The van der Waals surface area contributed by atoms with Gasteiger partial charge in [-0.25, -0.2) is 18.6 Å². The summed E-state index contributed by atoms with van der Waals surface area (Å²) in [7, 11) is 0. The summed E-state index contributed by atoms with van der Waals surface area (Å²) in [5, 5.41) is 4.67. The van der Waals surface area contributed by atoms with Crippen molar-refractivity contribution >= 4 is 28.4 Å². The topological polar surface area (TPSA) is 86.1 Å². The normalized spacial score (nSPS) is 18.8. The molecule has 154 valence electrons. The van der Waals surface area contributed by atoms with Crippen molar-refractivity contribution in [1.29, 1.82) is 0 Å². The van der Waals surface area contributed by atoms with Crippen molar-refractivity contribution in [1.82, 2.24) is 9.88 Å². The van der Waals surface area contributed by atoms with Crippen LogP contribution in [0.2, 0.25) is 0 Å². The number of aliphatic imine (C=N–C) groups is 1. The lowest BCUT2D eigenvalue weighted by Gasteiger charge is -2.44. The van der Waals surface area contributed by atoms with Gasteiger partial charge in [0.05, 0.1) is 12.1 Å². The molecule has 0 aliphatic carbocycles. The van der Waals surface area contributed by atoms with E-state index in [4.69, 9.17) is 9.25 Å². The number of nitrogens with zero attached hydrogens (tertiary/aromatic N) is 3. The first-order valence-electron chi connectivity index (χ1n) is 9.28. The zero-order valence-corrected chi connectivity index (χ0v) is 15.9. The SMILES string of the molecule is CC1=CN=C2N(c3ccc(F)cc3F)OCCN2C1Nc1ccc2oc(=O)[nH]c2c1. The van der Waals surface area contributed by atoms with Gasteiger partial charge in [0.2, 0.25) is 5.96 Å². The highest BCUT2D eigenvalue weighted by Crippen LogP contribution is 2.29. The van der Waals surface area contributed by atoms with Gasteiger partial charge in [-0.15, -0.1) is 0 Å². The van der Waals surface area contributed by atoms with Crippen molar-refractivity contribution in [3.8, 4) is 0 Å². The number of H-pyrrole nitrogens is 1. The summed E-state index contributed by atoms with van der Waals surface area (Å²) >= 11 is 0. The van der Waals surface area contributed by atoms with Crippen molar-refractivity contribution in [3.63, 3.8) is 0 Å². The van der Waals surface area contributed by atoms with Gasteiger partial charge in [0.1, 0.15) is 17.7 Å². The molecule has 10 heteroatoms. The van der Waals surface area contributed by atoms with E-state index >= 15 is 0 Å². The van der Waals surface area contributed by atoms with E-state index in [1.54, 1.807) is 24.4 Å². The van der Waals surface area contributed by atoms with Gasteiger partial charge in [0, 0.05) is 24.5 Å². The Kier molecular flexibility index (Phi) is 4.28. The Balaban J connectivity index is 1.46. The minimum Gasteiger partial charge on any atom is -0.408 e. The van der Waals surface area contributed by atoms with Crippen LogP contribution in [0, 0.1) is 11.6 Å². The van der Waals surface area contributed by atoms with Crippen LogP contribution in [0.25, 0.3) is 11.1 Å². The monoisotopic (exact) mass is 413 g/mol. The molecule has 2 aliphatic rings. The second-order valence-electron chi connectivity index (χ2n) is 6.99. The van der Waals surface area contributed by atoms with Crippen LogP contribution in [-0.2, 0) is 4.84 Å². The lowest BCUT2D eigenvalue weighted by Crippen LogP contribution is -2.58. The number of halogens is 2. The lowest BCUT2D eigenvalue weighted by molar-refractivity contribution is 0.0822. The van der Waals surface area contributed by atoms with Crippen LogP contribution in [0.3, 0.4) is 0 Å². The van der Waals surface area contributed by atoms with Crippen molar-refractivity contribution < 1.29 is 18.0 Å². The number of hydroxylamine groups is 1. The van der Waals surface area contributed by atoms with Gasteiger partial charge in [-0.05, 0) is 42.8 Å². The number of aromatic amines is 1. The summed E-state index contributed by atoms with van der Waals surface area (Å²) in [4.78, 5) is 26.0. The van der Waals surface area contributed by atoms with Crippen LogP contribution in [0.15, 0.2) is 62.4 Å². The summed E-state index contributed by atoms with van der Waals surface area (Å²) in [6.45, 7) is 2.72. The molecule has 2 aliphatic heterocycles. The van der Waals surface area contributed by atoms with E-state index in [-0.39, 0.29) is 18.5 Å². The highest BCUT2D eigenvalue weighted by Gasteiger charge is 2.35. The molecule has 1 atom stereocenters.